The summed E-state index contributed by atoms with van der Waals surface area (Å²) in [5.74, 6) is 0.0786. The summed E-state index contributed by atoms with van der Waals surface area (Å²) in [7, 11) is 0. The number of ether oxygens (including phenoxy) is 3. The van der Waals surface area contributed by atoms with Gasteiger partial charge < -0.3 is 14.2 Å². The Kier molecular flexibility index (Phi) is 3.91. The van der Waals surface area contributed by atoms with Gasteiger partial charge in [-0.15, -0.1) is 0 Å². The van der Waals surface area contributed by atoms with Gasteiger partial charge in [0.15, 0.2) is 6.23 Å². The molecular weight excluding hydrogens is 360 g/mol. The third-order valence-electron chi connectivity index (χ3n) is 6.53. The zero-order chi connectivity index (χ0) is 19.5. The molecule has 3 heterocycles. The van der Waals surface area contributed by atoms with Crippen LogP contribution in [-0.2, 0) is 20.8 Å². The quantitative estimate of drug-likeness (QED) is 0.851. The molecule has 148 valence electrons. The van der Waals surface area contributed by atoms with E-state index in [1.165, 1.54) is 4.57 Å². The minimum Gasteiger partial charge on any atom is -0.374 e. The average Bonchev–Trinajstić information content (AvgIpc) is 3.36. The molecule has 2 aliphatic heterocycles. The number of rotatable bonds is 5. The van der Waals surface area contributed by atoms with Gasteiger partial charge in [-0.3, -0.25) is 14.3 Å². The van der Waals surface area contributed by atoms with Crippen LogP contribution in [0.3, 0.4) is 0 Å². The number of aromatic nitrogens is 2. The minimum absolute atomic E-state index is 0.0786. The summed E-state index contributed by atoms with van der Waals surface area (Å²) >= 11 is 0. The lowest BCUT2D eigenvalue weighted by Crippen LogP contribution is -2.51. The summed E-state index contributed by atoms with van der Waals surface area (Å²) in [6.45, 7) is 4.69. The molecule has 1 saturated carbocycles. The van der Waals surface area contributed by atoms with Crippen molar-refractivity contribution in [3.8, 4) is 0 Å². The van der Waals surface area contributed by atoms with Gasteiger partial charge >= 0.3 is 5.69 Å². The van der Waals surface area contributed by atoms with E-state index in [0.29, 0.717) is 18.8 Å². The second-order valence-corrected chi connectivity index (χ2v) is 8.22. The summed E-state index contributed by atoms with van der Waals surface area (Å²) in [6.07, 6.45) is 2.63. The number of benzene rings is 1. The lowest BCUT2D eigenvalue weighted by atomic mass is 9.85. The van der Waals surface area contributed by atoms with Gasteiger partial charge in [-0.25, -0.2) is 4.79 Å². The first kappa shape index (κ1) is 17.8. The fraction of sp³-hybridized carbons (Fsp3) is 0.524. The van der Waals surface area contributed by atoms with Crippen molar-refractivity contribution in [1.82, 2.24) is 9.55 Å². The lowest BCUT2D eigenvalue weighted by molar-refractivity contribution is -0.240. The second kappa shape index (κ2) is 6.14. The number of aryl methyl sites for hydroxylation is 1. The molecule has 7 nitrogen and oxygen atoms in total. The van der Waals surface area contributed by atoms with E-state index >= 15 is 0 Å². The molecule has 2 bridgehead atoms. The fourth-order valence-electron chi connectivity index (χ4n) is 4.78. The third-order valence-corrected chi connectivity index (χ3v) is 6.53. The molecule has 7 heteroatoms. The highest BCUT2D eigenvalue weighted by molar-refractivity contribution is 5.24. The number of nitrogens with one attached hydrogen (secondary N) is 1. The van der Waals surface area contributed by atoms with Crippen LogP contribution in [-0.4, -0.2) is 33.5 Å². The van der Waals surface area contributed by atoms with E-state index in [9.17, 15) is 9.59 Å². The molecule has 0 amide bonds. The van der Waals surface area contributed by atoms with Gasteiger partial charge in [0, 0.05) is 17.7 Å². The Morgan fingerprint density at radius 1 is 1.21 bits per heavy atom. The van der Waals surface area contributed by atoms with Crippen molar-refractivity contribution >= 4 is 0 Å². The zero-order valence-corrected chi connectivity index (χ0v) is 16.0. The maximum absolute atomic E-state index is 12.4. The zero-order valence-electron chi connectivity index (χ0n) is 16.0. The van der Waals surface area contributed by atoms with Gasteiger partial charge in [0.25, 0.3) is 5.56 Å². The van der Waals surface area contributed by atoms with Gasteiger partial charge in [0.05, 0.1) is 13.2 Å². The van der Waals surface area contributed by atoms with Crippen molar-refractivity contribution in [3.05, 3.63) is 68.5 Å². The standard InChI is InChI=1S/C21H24N2O5/c1-13-10-23(19(25)22-17(13)24)18-16-14(2)21(28-18,20(27-16)8-9-20)12-26-11-15-6-4-3-5-7-15/h3-7,10,14,16,18H,8-9,11-12H2,1-2H3,(H,22,24,25)/t14?,16?,18-,21-/m1/s1. The molecule has 28 heavy (non-hydrogen) atoms. The van der Waals surface area contributed by atoms with Crippen LogP contribution in [0.15, 0.2) is 46.1 Å². The van der Waals surface area contributed by atoms with Crippen LogP contribution in [0.5, 0.6) is 0 Å². The highest BCUT2D eigenvalue weighted by Gasteiger charge is 2.77. The van der Waals surface area contributed by atoms with E-state index in [-0.39, 0.29) is 23.2 Å². The summed E-state index contributed by atoms with van der Waals surface area (Å²) < 4.78 is 20.5. The Morgan fingerprint density at radius 3 is 2.68 bits per heavy atom. The van der Waals surface area contributed by atoms with E-state index in [2.05, 4.69) is 11.9 Å². The van der Waals surface area contributed by atoms with Gasteiger partial charge in [-0.05, 0) is 25.3 Å². The number of nitrogens with zero attached hydrogens (tertiary/aromatic N) is 1. The molecule has 1 aromatic carbocycles. The van der Waals surface area contributed by atoms with E-state index in [0.717, 1.165) is 18.4 Å². The van der Waals surface area contributed by atoms with Crippen LogP contribution in [0.25, 0.3) is 0 Å². The van der Waals surface area contributed by atoms with Crippen LogP contribution in [0.1, 0.15) is 37.1 Å². The second-order valence-electron chi connectivity index (χ2n) is 8.22. The highest BCUT2D eigenvalue weighted by Crippen LogP contribution is 2.66. The number of aromatic amines is 1. The van der Waals surface area contributed by atoms with Gasteiger partial charge in [-0.1, -0.05) is 37.3 Å². The predicted molar refractivity (Wildman–Crippen MR) is 101 cm³/mol. The van der Waals surface area contributed by atoms with Crippen LogP contribution >= 0.6 is 0 Å². The number of fused-ring (bicyclic) bond motifs is 3. The van der Waals surface area contributed by atoms with Crippen LogP contribution in [0.4, 0.5) is 0 Å². The maximum atomic E-state index is 12.4. The molecule has 3 aliphatic rings. The fourth-order valence-corrected chi connectivity index (χ4v) is 4.78. The minimum atomic E-state index is -0.583. The Morgan fingerprint density at radius 2 is 1.96 bits per heavy atom. The van der Waals surface area contributed by atoms with Crippen molar-refractivity contribution < 1.29 is 14.2 Å². The first-order chi connectivity index (χ1) is 13.5. The molecule has 1 spiro atoms. The highest BCUT2D eigenvalue weighted by atomic mass is 16.7. The molecular formula is C21H24N2O5. The molecule has 5 rings (SSSR count). The summed E-state index contributed by atoms with van der Waals surface area (Å²) in [4.78, 5) is 26.5. The third kappa shape index (κ3) is 2.46. The molecule has 1 aromatic heterocycles. The van der Waals surface area contributed by atoms with Crippen LogP contribution in [0, 0.1) is 12.8 Å². The van der Waals surface area contributed by atoms with E-state index < -0.39 is 17.5 Å². The van der Waals surface area contributed by atoms with Crippen molar-refractivity contribution in [2.75, 3.05) is 6.61 Å². The van der Waals surface area contributed by atoms with Crippen LogP contribution in [0.2, 0.25) is 0 Å². The normalized spacial score (nSPS) is 32.1. The van der Waals surface area contributed by atoms with Gasteiger partial charge in [0.1, 0.15) is 17.3 Å². The first-order valence-corrected chi connectivity index (χ1v) is 9.75. The average molecular weight is 384 g/mol. The summed E-state index contributed by atoms with van der Waals surface area (Å²) in [5, 5.41) is 0. The maximum Gasteiger partial charge on any atom is 0.330 e. The number of hydrogen-bond donors (Lipinski definition) is 1. The number of hydrogen-bond acceptors (Lipinski definition) is 5. The van der Waals surface area contributed by atoms with Crippen molar-refractivity contribution in [3.63, 3.8) is 0 Å². The van der Waals surface area contributed by atoms with Gasteiger partial charge in [-0.2, -0.15) is 0 Å². The van der Waals surface area contributed by atoms with Crippen molar-refractivity contribution in [2.45, 2.75) is 56.8 Å². The molecule has 2 unspecified atom stereocenters. The molecule has 1 aliphatic carbocycles. The molecule has 2 aromatic rings. The number of H-pyrrole nitrogens is 1. The Bertz CT molecular complexity index is 1010. The topological polar surface area (TPSA) is 82.6 Å². The SMILES string of the molecule is Cc1cn([C@@H]2O[C@]3(COCc4ccccc4)C(C)C2OC32CC2)c(=O)[nH]c1=O. The first-order valence-electron chi connectivity index (χ1n) is 9.75. The Hall–Kier alpha value is -2.22. The summed E-state index contributed by atoms with van der Waals surface area (Å²) in [6, 6.07) is 10.0. The summed E-state index contributed by atoms with van der Waals surface area (Å²) in [5.41, 5.74) is -0.179. The van der Waals surface area contributed by atoms with E-state index in [1.54, 1.807) is 13.1 Å². The van der Waals surface area contributed by atoms with Crippen LogP contribution < -0.4 is 11.2 Å². The largest absolute Gasteiger partial charge is 0.374 e. The molecule has 3 fully saturated rings. The smallest absolute Gasteiger partial charge is 0.330 e. The van der Waals surface area contributed by atoms with Gasteiger partial charge in [0.2, 0.25) is 0 Å². The molecule has 1 N–H and O–H groups in total. The predicted octanol–water partition coefficient (Wildman–Crippen LogP) is 1.90. The lowest BCUT2D eigenvalue weighted by Gasteiger charge is -2.38. The van der Waals surface area contributed by atoms with E-state index in [1.807, 2.05) is 30.3 Å². The molecule has 0 radical (unpaired) electrons. The Labute approximate surface area is 162 Å². The Balaban J connectivity index is 1.42. The molecule has 4 atom stereocenters. The van der Waals surface area contributed by atoms with E-state index in [4.69, 9.17) is 14.2 Å². The van der Waals surface area contributed by atoms with Crippen molar-refractivity contribution in [2.24, 2.45) is 5.92 Å². The molecule has 2 saturated heterocycles. The monoisotopic (exact) mass is 384 g/mol. The van der Waals surface area contributed by atoms with Crippen molar-refractivity contribution in [1.29, 1.82) is 0 Å².